The molecule has 3 aromatic carbocycles. The summed E-state index contributed by atoms with van der Waals surface area (Å²) in [6, 6.07) is 27.4. The molecule has 2 aliphatic heterocycles. The van der Waals surface area contributed by atoms with Crippen LogP contribution in [0, 0.1) is 0 Å². The second-order valence-corrected chi connectivity index (χ2v) is 14.9. The van der Waals surface area contributed by atoms with Gasteiger partial charge in [-0.3, -0.25) is 0 Å². The molecule has 1 aromatic heterocycles. The lowest BCUT2D eigenvalue weighted by Gasteiger charge is -2.27. The lowest BCUT2D eigenvalue weighted by Crippen LogP contribution is -2.28. The van der Waals surface area contributed by atoms with E-state index in [1.807, 2.05) is 35.0 Å². The quantitative estimate of drug-likeness (QED) is 0.155. The Morgan fingerprint density at radius 1 is 0.820 bits per heavy atom. The third kappa shape index (κ3) is 6.08. The summed E-state index contributed by atoms with van der Waals surface area (Å²) in [7, 11) is 3.52. The number of para-hydroxylation sites is 3. The van der Waals surface area contributed by atoms with Gasteiger partial charge in [0.1, 0.15) is 6.73 Å². The van der Waals surface area contributed by atoms with Gasteiger partial charge in [0.15, 0.2) is 5.71 Å². The molecule has 0 saturated heterocycles. The van der Waals surface area contributed by atoms with Gasteiger partial charge in [0.05, 0.1) is 11.1 Å². The Morgan fingerprint density at radius 3 is 2.34 bits per heavy atom. The second-order valence-electron chi connectivity index (χ2n) is 14.0. The highest BCUT2D eigenvalue weighted by molar-refractivity contribution is 8.03. The lowest BCUT2D eigenvalue weighted by atomic mass is 9.81. The Bertz CT molecular complexity index is 2050. The topological polar surface area (TPSA) is 68.3 Å². The van der Waals surface area contributed by atoms with Crippen LogP contribution in [0.5, 0.6) is 0 Å². The van der Waals surface area contributed by atoms with Crippen molar-refractivity contribution in [3.05, 3.63) is 136 Å². The molecular formula is C41H45N6O2S+. The number of aromatic nitrogens is 4. The van der Waals surface area contributed by atoms with Gasteiger partial charge in [0.25, 0.3) is 6.73 Å². The number of thioether (sulfide) groups is 1. The van der Waals surface area contributed by atoms with Crippen LogP contribution in [0.3, 0.4) is 0 Å². The third-order valence-electron chi connectivity index (χ3n) is 10.1. The highest BCUT2D eigenvalue weighted by Crippen LogP contribution is 2.48. The fourth-order valence-corrected chi connectivity index (χ4v) is 8.68. The van der Waals surface area contributed by atoms with E-state index in [1.54, 1.807) is 26.0 Å². The number of anilines is 1. The average molecular weight is 686 g/mol. The number of benzene rings is 3. The molecule has 256 valence electrons. The number of hydrogen-bond acceptors (Lipinski definition) is 7. The smallest absolute Gasteiger partial charge is 0.253 e. The molecule has 0 radical (unpaired) electrons. The van der Waals surface area contributed by atoms with Crippen molar-refractivity contribution in [3.63, 3.8) is 0 Å². The van der Waals surface area contributed by atoms with Crippen LogP contribution in [-0.4, -0.2) is 58.2 Å². The molecular weight excluding hydrogens is 641 g/mol. The van der Waals surface area contributed by atoms with Gasteiger partial charge in [0.2, 0.25) is 10.8 Å². The minimum atomic E-state index is -0.178. The molecule has 4 aromatic rings. The molecule has 0 bridgehead atoms. The van der Waals surface area contributed by atoms with Crippen LogP contribution >= 0.6 is 11.8 Å². The molecule has 0 amide bonds. The summed E-state index contributed by atoms with van der Waals surface area (Å²) in [5, 5.41) is 13.7. The molecule has 0 unspecified atom stereocenters. The molecule has 8 nitrogen and oxygen atoms in total. The Balaban J connectivity index is 1.34. The van der Waals surface area contributed by atoms with Crippen molar-refractivity contribution in [1.29, 1.82) is 0 Å². The van der Waals surface area contributed by atoms with E-state index in [-0.39, 0.29) is 10.8 Å². The van der Waals surface area contributed by atoms with Crippen LogP contribution in [0.1, 0.15) is 58.1 Å². The molecule has 0 spiro atoms. The zero-order valence-corrected chi connectivity index (χ0v) is 30.6. The van der Waals surface area contributed by atoms with E-state index < -0.39 is 0 Å². The SMILES string of the molecule is COCN1C(=CC=C2CCCC(C=CC3=[N+](COC)c4ccccc4C3(C)C)=C2Sc2nnnn2-c2ccccc2)C(C)(C)c2ccccc21. The summed E-state index contributed by atoms with van der Waals surface area (Å²) in [6.07, 6.45) is 12.2. The predicted octanol–water partition coefficient (Wildman–Crippen LogP) is 8.64. The summed E-state index contributed by atoms with van der Waals surface area (Å²) in [5.74, 6) is 0. The van der Waals surface area contributed by atoms with E-state index in [4.69, 9.17) is 9.47 Å². The number of allylic oxidation sites excluding steroid dienone is 7. The Morgan fingerprint density at radius 2 is 1.56 bits per heavy atom. The van der Waals surface area contributed by atoms with Crippen LogP contribution in [-0.2, 0) is 20.3 Å². The van der Waals surface area contributed by atoms with Crippen molar-refractivity contribution in [2.24, 2.45) is 0 Å². The van der Waals surface area contributed by atoms with E-state index in [9.17, 15) is 0 Å². The number of rotatable bonds is 10. The van der Waals surface area contributed by atoms with E-state index in [0.717, 1.165) is 30.1 Å². The van der Waals surface area contributed by atoms with Crippen molar-refractivity contribution in [2.45, 2.75) is 62.9 Å². The second kappa shape index (κ2) is 14.0. The Kier molecular flexibility index (Phi) is 9.48. The molecule has 0 saturated carbocycles. The monoisotopic (exact) mass is 685 g/mol. The van der Waals surface area contributed by atoms with Crippen LogP contribution in [0.2, 0.25) is 0 Å². The Labute approximate surface area is 299 Å². The fraction of sp³-hybridized carbons (Fsp3) is 0.317. The molecule has 0 atom stereocenters. The molecule has 50 heavy (non-hydrogen) atoms. The summed E-state index contributed by atoms with van der Waals surface area (Å²) in [5.41, 5.74) is 10.5. The number of ether oxygens (including phenoxy) is 2. The van der Waals surface area contributed by atoms with Crippen LogP contribution in [0.25, 0.3) is 5.69 Å². The first-order valence-electron chi connectivity index (χ1n) is 17.2. The minimum absolute atomic E-state index is 0.178. The van der Waals surface area contributed by atoms with E-state index >= 15 is 0 Å². The molecule has 9 heteroatoms. The molecule has 7 rings (SSSR count). The highest BCUT2D eigenvalue weighted by atomic mass is 32.2. The first-order valence-corrected chi connectivity index (χ1v) is 18.0. The maximum Gasteiger partial charge on any atom is 0.253 e. The van der Waals surface area contributed by atoms with Gasteiger partial charge in [-0.1, -0.05) is 80.6 Å². The minimum Gasteiger partial charge on any atom is -0.364 e. The number of methoxy groups -OCH3 is 2. The zero-order valence-electron chi connectivity index (χ0n) is 29.8. The van der Waals surface area contributed by atoms with Crippen LogP contribution in [0.15, 0.2) is 130 Å². The molecule has 0 fully saturated rings. The number of hydrogen-bond donors (Lipinski definition) is 0. The third-order valence-corrected chi connectivity index (χ3v) is 11.3. The zero-order chi connectivity index (χ0) is 34.9. The number of nitrogens with zero attached hydrogens (tertiary/aromatic N) is 6. The molecule has 0 N–H and O–H groups in total. The van der Waals surface area contributed by atoms with Gasteiger partial charge < -0.3 is 14.4 Å². The summed E-state index contributed by atoms with van der Waals surface area (Å²) in [6.45, 7) is 10.2. The fourth-order valence-electron chi connectivity index (χ4n) is 7.59. The predicted molar refractivity (Wildman–Crippen MR) is 201 cm³/mol. The van der Waals surface area contributed by atoms with Crippen LogP contribution < -0.4 is 4.90 Å². The van der Waals surface area contributed by atoms with Crippen LogP contribution in [0.4, 0.5) is 11.4 Å². The van der Waals surface area contributed by atoms with E-state index in [2.05, 4.69) is 126 Å². The Hall–Kier alpha value is -4.57. The highest BCUT2D eigenvalue weighted by Gasteiger charge is 2.44. The maximum atomic E-state index is 5.71. The van der Waals surface area contributed by atoms with Crippen molar-refractivity contribution in [1.82, 2.24) is 20.2 Å². The van der Waals surface area contributed by atoms with Gasteiger partial charge in [0, 0.05) is 53.6 Å². The number of fused-ring (bicyclic) bond motifs is 2. The number of tetrazole rings is 1. The first kappa shape index (κ1) is 33.9. The summed E-state index contributed by atoms with van der Waals surface area (Å²) in [4.78, 5) is 3.48. The van der Waals surface area contributed by atoms with Gasteiger partial charge in [-0.2, -0.15) is 9.26 Å². The summed E-state index contributed by atoms with van der Waals surface area (Å²) >= 11 is 1.64. The first-order chi connectivity index (χ1) is 24.3. The van der Waals surface area contributed by atoms with Gasteiger partial charge >= 0.3 is 0 Å². The van der Waals surface area contributed by atoms with Crippen molar-refractivity contribution < 1.29 is 14.0 Å². The summed E-state index contributed by atoms with van der Waals surface area (Å²) < 4.78 is 15.5. The van der Waals surface area contributed by atoms with Gasteiger partial charge in [-0.05, 0) is 96.3 Å². The molecule has 3 aliphatic rings. The average Bonchev–Trinajstić information content (AvgIpc) is 3.74. The van der Waals surface area contributed by atoms with Crippen molar-refractivity contribution in [3.8, 4) is 5.69 Å². The van der Waals surface area contributed by atoms with E-state index in [0.29, 0.717) is 13.5 Å². The van der Waals surface area contributed by atoms with Gasteiger partial charge in [-0.15, -0.1) is 5.10 Å². The lowest BCUT2D eigenvalue weighted by molar-refractivity contribution is -0.485. The maximum absolute atomic E-state index is 5.71. The molecule has 1 aliphatic carbocycles. The van der Waals surface area contributed by atoms with Gasteiger partial charge in [-0.25, -0.2) is 0 Å². The van der Waals surface area contributed by atoms with Crippen molar-refractivity contribution >= 4 is 28.8 Å². The standard InChI is InChI=1S/C41H45N6O2S/c1-40(2)32-19-10-12-21-34(32)45(27-48-5)36(40)25-23-29-15-14-16-30(38(29)50-39-42-43-44-47(39)31-17-8-7-9-18-31)24-26-37-41(3,4)33-20-11-13-22-35(33)46(37)28-49-6/h7-13,17-26H,14-16,27-28H2,1-6H3/q+1. The van der Waals surface area contributed by atoms with Crippen molar-refractivity contribution in [2.75, 3.05) is 32.6 Å². The van der Waals surface area contributed by atoms with E-state index in [1.165, 1.54) is 50.0 Å². The normalized spacial score (nSPS) is 19.7. The largest absolute Gasteiger partial charge is 0.364 e. The molecule has 3 heterocycles.